The molecule has 1 fully saturated rings. The lowest BCUT2D eigenvalue weighted by Crippen LogP contribution is -2.31. The zero-order valence-corrected chi connectivity index (χ0v) is 21.4. The van der Waals surface area contributed by atoms with Gasteiger partial charge in [0.25, 0.3) is 0 Å². The smallest absolute Gasteiger partial charge is 0.308 e. The molecule has 0 radical (unpaired) electrons. The Balaban J connectivity index is 1.79. The summed E-state index contributed by atoms with van der Waals surface area (Å²) in [6.07, 6.45) is 4.79. The van der Waals surface area contributed by atoms with E-state index in [9.17, 15) is 14.4 Å². The Kier molecular flexibility index (Phi) is 10.9. The number of rotatable bonds is 11. The number of carbonyl (C=O) groups excluding carboxylic acids is 3. The molecule has 34 heavy (non-hydrogen) atoms. The molecule has 0 unspecified atom stereocenters. The Bertz CT molecular complexity index is 790. The van der Waals surface area contributed by atoms with E-state index in [4.69, 9.17) is 14.2 Å². The predicted octanol–water partition coefficient (Wildman–Crippen LogP) is 5.12. The maximum Gasteiger partial charge on any atom is 0.308 e. The van der Waals surface area contributed by atoms with Crippen LogP contribution >= 0.6 is 0 Å². The van der Waals surface area contributed by atoms with E-state index in [-0.39, 0.29) is 49.8 Å². The van der Waals surface area contributed by atoms with Crippen LogP contribution in [0.15, 0.2) is 24.3 Å². The molecule has 1 aliphatic rings. The summed E-state index contributed by atoms with van der Waals surface area (Å²) in [5.74, 6) is 0.511. The van der Waals surface area contributed by atoms with Gasteiger partial charge >= 0.3 is 11.9 Å². The van der Waals surface area contributed by atoms with Crippen LogP contribution in [0.25, 0.3) is 0 Å². The van der Waals surface area contributed by atoms with Crippen LogP contribution in [0.1, 0.15) is 90.7 Å². The van der Waals surface area contributed by atoms with Crippen LogP contribution in [-0.4, -0.2) is 37.7 Å². The van der Waals surface area contributed by atoms with Gasteiger partial charge in [-0.1, -0.05) is 32.9 Å². The van der Waals surface area contributed by atoms with E-state index >= 15 is 0 Å². The first kappa shape index (κ1) is 27.7. The van der Waals surface area contributed by atoms with Crippen molar-refractivity contribution in [2.75, 3.05) is 13.7 Å². The number of hydrogen-bond donors (Lipinski definition) is 1. The standard InChI is InChI=1S/C27H41NO6/c1-6-33-26(31)18-23(19-10-14-21(32-5)15-11-19)28-24(29)8-7-9-25(30)34-22-16-12-20(13-17-22)27(2,3)4/h10-11,14-15,20,22-23H,6-9,12-13,16-18H2,1-5H3,(H,28,29)/t20?,22?,23-/m0/s1. The third-order valence-electron chi connectivity index (χ3n) is 6.51. The van der Waals surface area contributed by atoms with E-state index in [2.05, 4.69) is 26.1 Å². The highest BCUT2D eigenvalue weighted by molar-refractivity contribution is 5.79. The van der Waals surface area contributed by atoms with Crippen molar-refractivity contribution >= 4 is 17.8 Å². The van der Waals surface area contributed by atoms with Crippen LogP contribution in [0.5, 0.6) is 5.75 Å². The van der Waals surface area contributed by atoms with Gasteiger partial charge in [0.05, 0.1) is 26.2 Å². The van der Waals surface area contributed by atoms with Gasteiger partial charge in [-0.3, -0.25) is 14.4 Å². The first-order valence-electron chi connectivity index (χ1n) is 12.4. The van der Waals surface area contributed by atoms with Crippen molar-refractivity contribution in [3.05, 3.63) is 29.8 Å². The molecular formula is C27H41NO6. The molecule has 1 saturated carbocycles. The summed E-state index contributed by atoms with van der Waals surface area (Å²) in [5, 5.41) is 2.90. The monoisotopic (exact) mass is 475 g/mol. The minimum Gasteiger partial charge on any atom is -0.497 e. The second-order valence-electron chi connectivity index (χ2n) is 10.1. The van der Waals surface area contributed by atoms with Crippen molar-refractivity contribution in [1.29, 1.82) is 0 Å². The van der Waals surface area contributed by atoms with E-state index in [1.54, 1.807) is 26.2 Å². The van der Waals surface area contributed by atoms with E-state index < -0.39 is 6.04 Å². The first-order chi connectivity index (χ1) is 16.1. The number of carbonyl (C=O) groups is 3. The normalized spacial score (nSPS) is 19.1. The van der Waals surface area contributed by atoms with Gasteiger partial charge < -0.3 is 19.5 Å². The molecule has 0 spiro atoms. The maximum atomic E-state index is 12.6. The van der Waals surface area contributed by atoms with Crippen molar-refractivity contribution in [2.45, 2.75) is 91.2 Å². The van der Waals surface area contributed by atoms with Crippen LogP contribution < -0.4 is 10.1 Å². The number of ether oxygens (including phenoxy) is 3. The fourth-order valence-electron chi connectivity index (χ4n) is 4.43. The molecule has 1 N–H and O–H groups in total. The molecule has 7 nitrogen and oxygen atoms in total. The summed E-state index contributed by atoms with van der Waals surface area (Å²) in [5.41, 5.74) is 1.08. The summed E-state index contributed by atoms with van der Waals surface area (Å²) < 4.78 is 15.9. The molecule has 0 aliphatic heterocycles. The van der Waals surface area contributed by atoms with Crippen LogP contribution in [0, 0.1) is 11.3 Å². The fraction of sp³-hybridized carbons (Fsp3) is 0.667. The largest absolute Gasteiger partial charge is 0.497 e. The summed E-state index contributed by atoms with van der Waals surface area (Å²) in [6.45, 7) is 8.82. The van der Waals surface area contributed by atoms with Gasteiger partial charge in [-0.15, -0.1) is 0 Å². The van der Waals surface area contributed by atoms with E-state index in [0.29, 0.717) is 23.5 Å². The van der Waals surface area contributed by atoms with Gasteiger partial charge in [0.1, 0.15) is 11.9 Å². The number of benzene rings is 1. The zero-order chi connectivity index (χ0) is 25.1. The van der Waals surface area contributed by atoms with Crippen LogP contribution in [0.3, 0.4) is 0 Å². The summed E-state index contributed by atoms with van der Waals surface area (Å²) in [6, 6.07) is 6.68. The lowest BCUT2D eigenvalue weighted by atomic mass is 9.72. The lowest BCUT2D eigenvalue weighted by molar-refractivity contribution is -0.151. The Labute approximate surface area is 203 Å². The molecular weight excluding hydrogens is 434 g/mol. The summed E-state index contributed by atoms with van der Waals surface area (Å²) in [4.78, 5) is 36.9. The minimum absolute atomic E-state index is 0.0102. The Hall–Kier alpha value is -2.57. The summed E-state index contributed by atoms with van der Waals surface area (Å²) >= 11 is 0. The molecule has 1 amide bonds. The molecule has 0 aromatic heterocycles. The van der Waals surface area contributed by atoms with Crippen molar-refractivity contribution in [3.8, 4) is 5.75 Å². The third-order valence-corrected chi connectivity index (χ3v) is 6.51. The highest BCUT2D eigenvalue weighted by Gasteiger charge is 2.31. The van der Waals surface area contributed by atoms with Gasteiger partial charge in [-0.2, -0.15) is 0 Å². The molecule has 1 aromatic rings. The van der Waals surface area contributed by atoms with Gasteiger partial charge in [0.15, 0.2) is 0 Å². The number of nitrogens with one attached hydrogen (secondary N) is 1. The van der Waals surface area contributed by atoms with Gasteiger partial charge in [-0.05, 0) is 68.1 Å². The van der Waals surface area contributed by atoms with E-state index in [1.807, 2.05) is 12.1 Å². The Morgan fingerprint density at radius 2 is 1.65 bits per heavy atom. The minimum atomic E-state index is -0.512. The average molecular weight is 476 g/mol. The van der Waals surface area contributed by atoms with E-state index in [1.165, 1.54) is 0 Å². The molecule has 2 rings (SSSR count). The molecule has 190 valence electrons. The predicted molar refractivity (Wildman–Crippen MR) is 130 cm³/mol. The Morgan fingerprint density at radius 3 is 2.21 bits per heavy atom. The number of esters is 2. The van der Waals surface area contributed by atoms with Gasteiger partial charge in [-0.25, -0.2) is 0 Å². The third kappa shape index (κ3) is 9.35. The number of methoxy groups -OCH3 is 1. The zero-order valence-electron chi connectivity index (χ0n) is 21.4. The van der Waals surface area contributed by atoms with Crippen LogP contribution in [0.4, 0.5) is 0 Å². The fourth-order valence-corrected chi connectivity index (χ4v) is 4.43. The molecule has 7 heteroatoms. The highest BCUT2D eigenvalue weighted by Crippen LogP contribution is 2.38. The van der Waals surface area contributed by atoms with Crippen LogP contribution in [0.2, 0.25) is 0 Å². The van der Waals surface area contributed by atoms with Crippen LogP contribution in [-0.2, 0) is 23.9 Å². The van der Waals surface area contributed by atoms with Gasteiger partial charge in [0, 0.05) is 12.8 Å². The number of amides is 1. The van der Waals surface area contributed by atoms with Crippen molar-refractivity contribution in [2.24, 2.45) is 11.3 Å². The lowest BCUT2D eigenvalue weighted by Gasteiger charge is -2.36. The molecule has 0 saturated heterocycles. The molecule has 0 bridgehead atoms. The highest BCUT2D eigenvalue weighted by atomic mass is 16.5. The first-order valence-corrected chi connectivity index (χ1v) is 12.4. The van der Waals surface area contributed by atoms with Gasteiger partial charge in [0.2, 0.25) is 5.91 Å². The molecule has 0 heterocycles. The average Bonchev–Trinajstić information content (AvgIpc) is 2.78. The molecule has 1 aliphatic carbocycles. The second-order valence-corrected chi connectivity index (χ2v) is 10.1. The quantitative estimate of drug-likeness (QED) is 0.447. The topological polar surface area (TPSA) is 90.9 Å². The number of hydrogen-bond acceptors (Lipinski definition) is 6. The molecule has 1 aromatic carbocycles. The second kappa shape index (κ2) is 13.4. The summed E-state index contributed by atoms with van der Waals surface area (Å²) in [7, 11) is 1.58. The van der Waals surface area contributed by atoms with Crippen molar-refractivity contribution in [3.63, 3.8) is 0 Å². The maximum absolute atomic E-state index is 12.6. The van der Waals surface area contributed by atoms with E-state index in [0.717, 1.165) is 31.2 Å². The SMILES string of the molecule is CCOC(=O)C[C@H](NC(=O)CCCC(=O)OC1CCC(C(C)(C)C)CC1)c1ccc(OC)cc1. The Morgan fingerprint density at radius 1 is 1.00 bits per heavy atom. The van der Waals surface area contributed by atoms with Crippen molar-refractivity contribution in [1.82, 2.24) is 5.32 Å². The molecule has 1 atom stereocenters. The van der Waals surface area contributed by atoms with Crippen molar-refractivity contribution < 1.29 is 28.6 Å².